The fourth-order valence-electron chi connectivity index (χ4n) is 2.40. The van der Waals surface area contributed by atoms with Crippen LogP contribution in [0.4, 0.5) is 0 Å². The van der Waals surface area contributed by atoms with Gasteiger partial charge in [-0.1, -0.05) is 11.6 Å². The number of nitrogens with zero attached hydrogens (tertiary/aromatic N) is 1. The van der Waals surface area contributed by atoms with Crippen LogP contribution in [0.2, 0.25) is 4.34 Å². The van der Waals surface area contributed by atoms with Crippen molar-refractivity contribution < 1.29 is 22.8 Å². The van der Waals surface area contributed by atoms with Gasteiger partial charge in [0.1, 0.15) is 6.04 Å². The summed E-state index contributed by atoms with van der Waals surface area (Å²) in [4.78, 5) is 38.0. The molecule has 2 amide bonds. The van der Waals surface area contributed by atoms with Gasteiger partial charge < -0.3 is 10.2 Å². The predicted octanol–water partition coefficient (Wildman–Crippen LogP) is 1.13. The summed E-state index contributed by atoms with van der Waals surface area (Å²) in [7, 11) is -3.07. The zero-order chi connectivity index (χ0) is 18.6. The van der Waals surface area contributed by atoms with E-state index < -0.39 is 21.8 Å². The lowest BCUT2D eigenvalue weighted by Crippen LogP contribution is -2.51. The molecule has 1 aliphatic rings. The Morgan fingerprint density at radius 1 is 1.24 bits per heavy atom. The molecule has 1 aliphatic heterocycles. The molecule has 1 atom stereocenters. The maximum Gasteiger partial charge on any atom is 0.244 e. The molecule has 2 rings (SSSR count). The number of hydrogen-bond acceptors (Lipinski definition) is 6. The molecule has 138 valence electrons. The standard InChI is InChI=1S/C15H19ClN2O5S2/c1-10(15(21)18-6-8-25(22,23)9-7-18)17-14(20)5-2-11(19)12-3-4-13(16)24-12/h3-4,10H,2,5-9H2,1H3,(H,17,20). The van der Waals surface area contributed by atoms with E-state index in [9.17, 15) is 22.8 Å². The van der Waals surface area contributed by atoms with Crippen molar-refractivity contribution in [2.75, 3.05) is 24.6 Å². The average Bonchev–Trinajstić information content (AvgIpc) is 2.98. The van der Waals surface area contributed by atoms with Gasteiger partial charge in [0.05, 0.1) is 20.7 Å². The third-order valence-electron chi connectivity index (χ3n) is 3.83. The van der Waals surface area contributed by atoms with Crippen molar-refractivity contribution in [3.8, 4) is 0 Å². The second-order valence-corrected chi connectivity index (χ2v) is 9.81. The average molecular weight is 407 g/mol. The van der Waals surface area contributed by atoms with Gasteiger partial charge in [-0.3, -0.25) is 14.4 Å². The summed E-state index contributed by atoms with van der Waals surface area (Å²) in [5, 5.41) is 2.56. The van der Waals surface area contributed by atoms with E-state index in [2.05, 4.69) is 5.32 Å². The van der Waals surface area contributed by atoms with Crippen LogP contribution in [0, 0.1) is 0 Å². The third-order valence-corrected chi connectivity index (χ3v) is 6.71. The number of halogens is 1. The number of ketones is 1. The van der Waals surface area contributed by atoms with Crippen LogP contribution in [0.1, 0.15) is 29.4 Å². The Morgan fingerprint density at radius 3 is 2.44 bits per heavy atom. The molecule has 1 N–H and O–H groups in total. The van der Waals surface area contributed by atoms with Gasteiger partial charge >= 0.3 is 0 Å². The number of rotatable bonds is 6. The van der Waals surface area contributed by atoms with Crippen LogP contribution < -0.4 is 5.32 Å². The summed E-state index contributed by atoms with van der Waals surface area (Å²) < 4.78 is 23.3. The highest BCUT2D eigenvalue weighted by Crippen LogP contribution is 2.22. The highest BCUT2D eigenvalue weighted by atomic mass is 35.5. The van der Waals surface area contributed by atoms with Crippen LogP contribution in [0.25, 0.3) is 0 Å². The lowest BCUT2D eigenvalue weighted by molar-refractivity contribution is -0.135. The van der Waals surface area contributed by atoms with Crippen LogP contribution in [-0.4, -0.2) is 61.6 Å². The Labute approximate surface area is 155 Å². The van der Waals surface area contributed by atoms with E-state index >= 15 is 0 Å². The number of amides is 2. The fourth-order valence-corrected chi connectivity index (χ4v) is 4.61. The minimum Gasteiger partial charge on any atom is -0.345 e. The Balaban J connectivity index is 1.77. The van der Waals surface area contributed by atoms with Gasteiger partial charge in [0, 0.05) is 25.9 Å². The zero-order valence-electron chi connectivity index (χ0n) is 13.7. The van der Waals surface area contributed by atoms with E-state index in [-0.39, 0.29) is 49.1 Å². The van der Waals surface area contributed by atoms with Crippen LogP contribution >= 0.6 is 22.9 Å². The minimum atomic E-state index is -3.07. The molecule has 0 aromatic carbocycles. The van der Waals surface area contributed by atoms with Gasteiger partial charge in [-0.25, -0.2) is 8.42 Å². The van der Waals surface area contributed by atoms with Crippen LogP contribution in [0.5, 0.6) is 0 Å². The smallest absolute Gasteiger partial charge is 0.244 e. The summed E-state index contributed by atoms with van der Waals surface area (Å²) in [5.74, 6) is -1.01. The molecule has 0 aliphatic carbocycles. The Kier molecular flexibility index (Phi) is 6.59. The molecule has 0 saturated carbocycles. The van der Waals surface area contributed by atoms with Gasteiger partial charge in [-0.15, -0.1) is 11.3 Å². The first-order valence-electron chi connectivity index (χ1n) is 7.75. The Bertz CT molecular complexity index is 761. The highest BCUT2D eigenvalue weighted by molar-refractivity contribution is 7.91. The predicted molar refractivity (Wildman–Crippen MR) is 95.7 cm³/mol. The second-order valence-electron chi connectivity index (χ2n) is 5.79. The van der Waals surface area contributed by atoms with Crippen molar-refractivity contribution in [3.63, 3.8) is 0 Å². The summed E-state index contributed by atoms with van der Waals surface area (Å²) in [5.41, 5.74) is 0. The quantitative estimate of drug-likeness (QED) is 0.713. The first-order chi connectivity index (χ1) is 11.7. The molecule has 1 saturated heterocycles. The van der Waals surface area contributed by atoms with Gasteiger partial charge in [0.15, 0.2) is 15.6 Å². The number of carbonyl (C=O) groups is 3. The van der Waals surface area contributed by atoms with E-state index in [0.29, 0.717) is 9.21 Å². The van der Waals surface area contributed by atoms with Crippen molar-refractivity contribution in [1.29, 1.82) is 0 Å². The molecule has 0 bridgehead atoms. The van der Waals surface area contributed by atoms with Crippen molar-refractivity contribution in [3.05, 3.63) is 21.3 Å². The van der Waals surface area contributed by atoms with Gasteiger partial charge in [0.2, 0.25) is 11.8 Å². The summed E-state index contributed by atoms with van der Waals surface area (Å²) in [6.45, 7) is 1.82. The number of nitrogens with one attached hydrogen (secondary N) is 1. The molecular weight excluding hydrogens is 388 g/mol. The molecule has 1 fully saturated rings. The number of thiophene rings is 1. The normalized spacial score (nSPS) is 17.8. The molecule has 0 spiro atoms. The number of carbonyl (C=O) groups excluding carboxylic acids is 3. The molecule has 1 aromatic heterocycles. The van der Waals surface area contributed by atoms with Crippen LogP contribution in [0.3, 0.4) is 0 Å². The number of sulfone groups is 1. The second kappa shape index (κ2) is 8.29. The van der Waals surface area contributed by atoms with Crippen molar-refractivity contribution in [2.45, 2.75) is 25.8 Å². The van der Waals surface area contributed by atoms with E-state index in [1.807, 2.05) is 0 Å². The molecule has 0 radical (unpaired) electrons. The lowest BCUT2D eigenvalue weighted by Gasteiger charge is -2.29. The minimum absolute atomic E-state index is 0.0274. The van der Waals surface area contributed by atoms with Gasteiger partial charge in [-0.2, -0.15) is 0 Å². The van der Waals surface area contributed by atoms with Crippen LogP contribution in [0.15, 0.2) is 12.1 Å². The van der Waals surface area contributed by atoms with Crippen LogP contribution in [-0.2, 0) is 19.4 Å². The molecular formula is C15H19ClN2O5S2. The van der Waals surface area contributed by atoms with Crippen molar-refractivity contribution in [1.82, 2.24) is 10.2 Å². The maximum atomic E-state index is 12.2. The topological polar surface area (TPSA) is 101 Å². The summed E-state index contributed by atoms with van der Waals surface area (Å²) in [6, 6.07) is 2.47. The first-order valence-corrected chi connectivity index (χ1v) is 10.8. The van der Waals surface area contributed by atoms with E-state index in [4.69, 9.17) is 11.6 Å². The monoisotopic (exact) mass is 406 g/mol. The fraction of sp³-hybridized carbons (Fsp3) is 0.533. The van der Waals surface area contributed by atoms with Crippen molar-refractivity contribution in [2.24, 2.45) is 0 Å². The number of Topliss-reactive ketones (excluding diaryl/α,β-unsaturated/α-hetero) is 1. The molecule has 1 unspecified atom stereocenters. The molecule has 7 nitrogen and oxygen atoms in total. The third kappa shape index (κ3) is 5.79. The summed E-state index contributed by atoms with van der Waals surface area (Å²) >= 11 is 6.93. The first kappa shape index (κ1) is 19.9. The molecule has 1 aromatic rings. The zero-order valence-corrected chi connectivity index (χ0v) is 16.0. The largest absolute Gasteiger partial charge is 0.345 e. The van der Waals surface area contributed by atoms with Crippen molar-refractivity contribution >= 4 is 50.4 Å². The number of hydrogen-bond donors (Lipinski definition) is 1. The van der Waals surface area contributed by atoms with Gasteiger partial charge in [-0.05, 0) is 19.1 Å². The SMILES string of the molecule is CC(NC(=O)CCC(=O)c1ccc(Cl)s1)C(=O)N1CCS(=O)(=O)CC1. The summed E-state index contributed by atoms with van der Waals surface area (Å²) in [6.07, 6.45) is 0.00585. The van der Waals surface area contributed by atoms with Gasteiger partial charge in [0.25, 0.3) is 0 Å². The molecule has 2 heterocycles. The van der Waals surface area contributed by atoms with E-state index in [1.165, 1.54) is 4.90 Å². The van der Waals surface area contributed by atoms with E-state index in [1.54, 1.807) is 19.1 Å². The Hall–Kier alpha value is -1.45. The molecule has 10 heteroatoms. The maximum absolute atomic E-state index is 12.2. The highest BCUT2D eigenvalue weighted by Gasteiger charge is 2.28. The lowest BCUT2D eigenvalue weighted by atomic mass is 10.1. The van der Waals surface area contributed by atoms with E-state index in [0.717, 1.165) is 11.3 Å². The molecule has 25 heavy (non-hydrogen) atoms. The Morgan fingerprint density at radius 2 is 1.88 bits per heavy atom.